The molecule has 0 saturated carbocycles. The maximum Gasteiger partial charge on any atom is 0.157 e. The molecule has 2 heterocycles. The molecule has 0 fully saturated rings. The van der Waals surface area contributed by atoms with Crippen molar-refractivity contribution in [1.29, 1.82) is 0 Å². The Bertz CT molecular complexity index is 3330. The summed E-state index contributed by atoms with van der Waals surface area (Å²) in [5.41, 5.74) is 7.18. The summed E-state index contributed by atoms with van der Waals surface area (Å²) in [7, 11) is 0. The predicted molar refractivity (Wildman–Crippen MR) is 248 cm³/mol. The van der Waals surface area contributed by atoms with E-state index in [0.29, 0.717) is 78.3 Å². The highest BCUT2D eigenvalue weighted by Gasteiger charge is 2.54. The van der Waals surface area contributed by atoms with Crippen LogP contribution in [0.5, 0.6) is 69.0 Å². The third-order valence-electron chi connectivity index (χ3n) is 14.5. The lowest BCUT2D eigenvalue weighted by Gasteiger charge is -2.40. The zero-order valence-corrected chi connectivity index (χ0v) is 35.8. The van der Waals surface area contributed by atoms with E-state index in [2.05, 4.69) is 0 Å². The van der Waals surface area contributed by atoms with Gasteiger partial charge in [0.1, 0.15) is 69.7 Å². The third kappa shape index (κ3) is 6.20. The van der Waals surface area contributed by atoms with Gasteiger partial charge in [-0.05, 0) is 129 Å². The van der Waals surface area contributed by atoms with Crippen LogP contribution in [-0.2, 0) is 0 Å². The van der Waals surface area contributed by atoms with Gasteiger partial charge in [-0.15, -0.1) is 0 Å². The van der Waals surface area contributed by atoms with Crippen molar-refractivity contribution in [2.75, 3.05) is 0 Å². The SMILES string of the molecule is Oc1ccc(C2Oc3cc(O)cc4c3C2c2cc(O)c(O)cc2C(c2ccc(O)cc2)C4[C@@H]2c3cc(O)cc4c3C(c3cc(O)cc(O)c3[C@H]2c2ccc(O)cc2)C(c2ccc(O)cc2)O4)cc1. The molecule has 8 atom stereocenters. The Labute approximate surface area is 388 Å². The monoisotopic (exact) mass is 906 g/mol. The van der Waals surface area contributed by atoms with Gasteiger partial charge < -0.3 is 60.5 Å². The molecule has 0 radical (unpaired) electrons. The van der Waals surface area contributed by atoms with Crippen LogP contribution in [-0.4, -0.2) is 51.1 Å². The Balaban J connectivity index is 1.25. The lowest BCUT2D eigenvalue weighted by molar-refractivity contribution is 0.221. The van der Waals surface area contributed by atoms with Crippen LogP contribution in [0.2, 0.25) is 0 Å². The van der Waals surface area contributed by atoms with Gasteiger partial charge in [-0.2, -0.15) is 0 Å². The van der Waals surface area contributed by atoms with Gasteiger partial charge in [0.15, 0.2) is 11.5 Å². The minimum atomic E-state index is -0.887. The van der Waals surface area contributed by atoms with Crippen LogP contribution in [0.4, 0.5) is 0 Å². The zero-order chi connectivity index (χ0) is 46.9. The highest BCUT2D eigenvalue weighted by Crippen LogP contribution is 2.69. The zero-order valence-electron chi connectivity index (χ0n) is 35.8. The molecule has 0 amide bonds. The molecule has 8 aromatic carbocycles. The molecule has 12 rings (SSSR count). The van der Waals surface area contributed by atoms with E-state index in [9.17, 15) is 51.1 Å². The second-order valence-corrected chi connectivity index (χ2v) is 18.2. The van der Waals surface area contributed by atoms with Crippen molar-refractivity contribution >= 4 is 0 Å². The van der Waals surface area contributed by atoms with Crippen molar-refractivity contribution in [2.45, 2.75) is 47.7 Å². The van der Waals surface area contributed by atoms with E-state index in [1.807, 2.05) is 0 Å². The lowest BCUT2D eigenvalue weighted by atomic mass is 9.62. The van der Waals surface area contributed by atoms with Gasteiger partial charge in [-0.3, -0.25) is 0 Å². The fourth-order valence-corrected chi connectivity index (χ4v) is 11.9. The van der Waals surface area contributed by atoms with Crippen LogP contribution >= 0.6 is 0 Å². The number of hydrogen-bond acceptors (Lipinski definition) is 12. The molecule has 0 aromatic heterocycles. The molecule has 12 nitrogen and oxygen atoms in total. The average Bonchev–Trinajstić information content (AvgIpc) is 3.82. The lowest BCUT2D eigenvalue weighted by Crippen LogP contribution is -2.26. The summed E-state index contributed by atoms with van der Waals surface area (Å²) >= 11 is 0. The Kier molecular flexibility index (Phi) is 8.97. The first-order valence-corrected chi connectivity index (χ1v) is 22.2. The number of aromatic hydroxyl groups is 10. The Morgan fingerprint density at radius 2 is 0.618 bits per heavy atom. The minimum Gasteiger partial charge on any atom is -0.508 e. The van der Waals surface area contributed by atoms with Crippen LogP contribution in [0.25, 0.3) is 0 Å². The maximum absolute atomic E-state index is 12.5. The first kappa shape index (κ1) is 40.8. The van der Waals surface area contributed by atoms with Gasteiger partial charge in [0.2, 0.25) is 0 Å². The molecular formula is C56H42O12. The van der Waals surface area contributed by atoms with Gasteiger partial charge in [0, 0.05) is 58.6 Å². The first-order chi connectivity index (χ1) is 32.8. The summed E-state index contributed by atoms with van der Waals surface area (Å²) in [4.78, 5) is 0. The number of benzene rings is 8. The molecule has 338 valence electrons. The van der Waals surface area contributed by atoms with Gasteiger partial charge >= 0.3 is 0 Å². The molecule has 6 unspecified atom stereocenters. The number of rotatable bonds is 5. The molecular weight excluding hydrogens is 865 g/mol. The Morgan fingerprint density at radius 3 is 1.07 bits per heavy atom. The van der Waals surface area contributed by atoms with E-state index in [1.165, 1.54) is 30.3 Å². The normalized spacial score (nSPS) is 22.6. The predicted octanol–water partition coefficient (Wildman–Crippen LogP) is 10.4. The molecule has 8 aromatic rings. The summed E-state index contributed by atoms with van der Waals surface area (Å²) in [5, 5.41) is 113. The molecule has 2 aliphatic heterocycles. The van der Waals surface area contributed by atoms with Gasteiger partial charge in [-0.1, -0.05) is 48.5 Å². The summed E-state index contributed by atoms with van der Waals surface area (Å²) in [6, 6.07) is 38.8. The van der Waals surface area contributed by atoms with Crippen LogP contribution in [0.1, 0.15) is 114 Å². The van der Waals surface area contributed by atoms with Crippen molar-refractivity contribution in [3.8, 4) is 69.0 Å². The molecule has 0 bridgehead atoms. The molecule has 0 saturated heterocycles. The van der Waals surface area contributed by atoms with Gasteiger partial charge in [-0.25, -0.2) is 0 Å². The van der Waals surface area contributed by atoms with Crippen molar-refractivity contribution < 1.29 is 60.5 Å². The van der Waals surface area contributed by atoms with E-state index in [4.69, 9.17) is 9.47 Å². The molecule has 68 heavy (non-hydrogen) atoms. The van der Waals surface area contributed by atoms with Crippen molar-refractivity contribution in [1.82, 2.24) is 0 Å². The number of hydrogen-bond donors (Lipinski definition) is 10. The number of phenols is 10. The van der Waals surface area contributed by atoms with E-state index >= 15 is 0 Å². The standard InChI is InChI=1S/C56H42O12/c57-29-9-1-25(2-10-29)46-36-23-41(64)42(65)24-37(36)53-49-39(18-34(62)21-44(49)67-55(53)27-5-13-31(59)14-6-27)51(46)52-40-19-35(63)22-45-50(40)54(56(68-45)28-7-15-32(60)16-8-28)38-17-33(61)20-43(66)48(38)47(52)26-3-11-30(58)12-4-26/h1-24,46-47,51-66H/t46?,47-,51?,52-,53?,54?,55?,56?/m1/s1. The second-order valence-electron chi connectivity index (χ2n) is 18.2. The number of phenolic OH excluding ortho intramolecular Hbond substituents is 10. The summed E-state index contributed by atoms with van der Waals surface area (Å²) in [6.07, 6.45) is -1.58. The minimum absolute atomic E-state index is 0.00558. The van der Waals surface area contributed by atoms with Crippen LogP contribution in [0.3, 0.4) is 0 Å². The highest BCUT2D eigenvalue weighted by molar-refractivity contribution is 5.70. The number of ether oxygens (including phenoxy) is 2. The average molecular weight is 907 g/mol. The molecule has 4 aliphatic rings. The van der Waals surface area contributed by atoms with E-state index in [-0.39, 0.29) is 51.7 Å². The third-order valence-corrected chi connectivity index (χ3v) is 14.5. The quantitative estimate of drug-likeness (QED) is 0.0729. The second kappa shape index (κ2) is 14.9. The summed E-state index contributed by atoms with van der Waals surface area (Å²) in [6.45, 7) is 0. The van der Waals surface area contributed by atoms with Crippen molar-refractivity contribution in [2.24, 2.45) is 0 Å². The van der Waals surface area contributed by atoms with Crippen molar-refractivity contribution in [3.63, 3.8) is 0 Å². The molecule has 12 heteroatoms. The van der Waals surface area contributed by atoms with Gasteiger partial charge in [0.05, 0.1) is 11.8 Å². The smallest absolute Gasteiger partial charge is 0.157 e. The fourth-order valence-electron chi connectivity index (χ4n) is 11.9. The van der Waals surface area contributed by atoms with E-state index in [1.54, 1.807) is 115 Å². The molecule has 0 spiro atoms. The maximum atomic E-state index is 12.5. The molecule has 10 N–H and O–H groups in total. The topological polar surface area (TPSA) is 221 Å². The van der Waals surface area contributed by atoms with Crippen LogP contribution in [0.15, 0.2) is 146 Å². The first-order valence-electron chi connectivity index (χ1n) is 22.2. The Morgan fingerprint density at radius 1 is 0.265 bits per heavy atom. The summed E-state index contributed by atoms with van der Waals surface area (Å²) < 4.78 is 13.7. The summed E-state index contributed by atoms with van der Waals surface area (Å²) in [5.74, 6) is -5.67. The highest BCUT2D eigenvalue weighted by atomic mass is 16.5. The fraction of sp³-hybridized carbons (Fsp3) is 0.143. The van der Waals surface area contributed by atoms with Crippen LogP contribution < -0.4 is 9.47 Å². The van der Waals surface area contributed by atoms with Gasteiger partial charge in [0.25, 0.3) is 0 Å². The largest absolute Gasteiger partial charge is 0.508 e. The van der Waals surface area contributed by atoms with Crippen molar-refractivity contribution in [3.05, 3.63) is 212 Å². The van der Waals surface area contributed by atoms with Crippen LogP contribution in [0, 0.1) is 0 Å². The molecule has 2 aliphatic carbocycles. The van der Waals surface area contributed by atoms with E-state index in [0.717, 1.165) is 0 Å². The van der Waals surface area contributed by atoms with E-state index < -0.39 is 53.5 Å². The number of fused-ring (bicyclic) bond motifs is 4. The Hall–Kier alpha value is -8.64.